The molecule has 1 aliphatic carbocycles. The maximum atomic E-state index is 13.5. The highest BCUT2D eigenvalue weighted by atomic mass is 19.1. The van der Waals surface area contributed by atoms with Gasteiger partial charge in [0.2, 0.25) is 0 Å². The maximum absolute atomic E-state index is 13.5. The standard InChI is InChI=1S/C21H29FN2O/c1-14(25)11-16-7-10-19-18(12-16)23-20(21(2,3)4)24(19)13-15-5-8-17(22)9-6-15/h7,10,12,15,17H,5-6,8-9,11,13H2,1-4H3. The second-order valence-corrected chi connectivity index (χ2v) is 8.62. The van der Waals surface area contributed by atoms with Gasteiger partial charge < -0.3 is 4.57 Å². The fraction of sp³-hybridized carbons (Fsp3) is 0.619. The van der Waals surface area contributed by atoms with Gasteiger partial charge in [0.1, 0.15) is 17.8 Å². The second kappa shape index (κ2) is 6.89. The molecule has 3 nitrogen and oxygen atoms in total. The Balaban J connectivity index is 1.97. The van der Waals surface area contributed by atoms with Gasteiger partial charge in [-0.3, -0.25) is 4.79 Å². The van der Waals surface area contributed by atoms with E-state index >= 15 is 0 Å². The van der Waals surface area contributed by atoms with Gasteiger partial charge in [0, 0.05) is 18.4 Å². The zero-order valence-corrected chi connectivity index (χ0v) is 15.8. The van der Waals surface area contributed by atoms with Crippen molar-refractivity contribution in [3.8, 4) is 0 Å². The van der Waals surface area contributed by atoms with Crippen LogP contribution in [0.4, 0.5) is 4.39 Å². The van der Waals surface area contributed by atoms with Crippen LogP contribution in [0, 0.1) is 5.92 Å². The number of fused-ring (bicyclic) bond motifs is 1. The summed E-state index contributed by atoms with van der Waals surface area (Å²) in [4.78, 5) is 16.3. The van der Waals surface area contributed by atoms with Crippen LogP contribution in [0.15, 0.2) is 18.2 Å². The van der Waals surface area contributed by atoms with Gasteiger partial charge in [0.25, 0.3) is 0 Å². The molecule has 1 aromatic heterocycles. The summed E-state index contributed by atoms with van der Waals surface area (Å²) in [7, 11) is 0. The van der Waals surface area contributed by atoms with Crippen LogP contribution in [-0.4, -0.2) is 21.5 Å². The number of hydrogen-bond donors (Lipinski definition) is 0. The van der Waals surface area contributed by atoms with Crippen LogP contribution in [0.3, 0.4) is 0 Å². The van der Waals surface area contributed by atoms with Crippen molar-refractivity contribution in [1.29, 1.82) is 0 Å². The van der Waals surface area contributed by atoms with Gasteiger partial charge in [-0.05, 0) is 56.2 Å². The van der Waals surface area contributed by atoms with Crippen molar-refractivity contribution in [3.05, 3.63) is 29.6 Å². The molecule has 0 bridgehead atoms. The minimum absolute atomic E-state index is 0.0585. The van der Waals surface area contributed by atoms with Crippen molar-refractivity contribution in [2.45, 2.75) is 77.9 Å². The second-order valence-electron chi connectivity index (χ2n) is 8.62. The molecule has 1 fully saturated rings. The van der Waals surface area contributed by atoms with Crippen LogP contribution < -0.4 is 0 Å². The quantitative estimate of drug-likeness (QED) is 0.783. The summed E-state index contributed by atoms with van der Waals surface area (Å²) in [6.45, 7) is 9.06. The number of halogens is 1. The van der Waals surface area contributed by atoms with Gasteiger partial charge in [-0.1, -0.05) is 26.8 Å². The molecule has 25 heavy (non-hydrogen) atoms. The fourth-order valence-electron chi connectivity index (χ4n) is 3.89. The first-order chi connectivity index (χ1) is 11.7. The molecule has 0 N–H and O–H groups in total. The van der Waals surface area contributed by atoms with E-state index in [0.717, 1.165) is 41.8 Å². The number of imidazole rings is 1. The molecule has 1 aromatic carbocycles. The summed E-state index contributed by atoms with van der Waals surface area (Å²) < 4.78 is 15.8. The lowest BCUT2D eigenvalue weighted by molar-refractivity contribution is -0.116. The number of carbonyl (C=O) groups is 1. The molecule has 0 aliphatic heterocycles. The van der Waals surface area contributed by atoms with E-state index in [2.05, 4.69) is 31.4 Å². The molecule has 1 aliphatic rings. The van der Waals surface area contributed by atoms with E-state index in [-0.39, 0.29) is 11.2 Å². The van der Waals surface area contributed by atoms with Crippen LogP contribution in [-0.2, 0) is 23.2 Å². The van der Waals surface area contributed by atoms with E-state index in [0.29, 0.717) is 25.2 Å². The number of alkyl halides is 1. The van der Waals surface area contributed by atoms with Crippen LogP contribution in [0.5, 0.6) is 0 Å². The highest BCUT2D eigenvalue weighted by Crippen LogP contribution is 2.32. The maximum Gasteiger partial charge on any atom is 0.134 e. The van der Waals surface area contributed by atoms with Gasteiger partial charge in [-0.15, -0.1) is 0 Å². The molecule has 3 rings (SSSR count). The highest BCUT2D eigenvalue weighted by molar-refractivity contribution is 5.82. The average molecular weight is 344 g/mol. The molecule has 136 valence electrons. The first-order valence-electron chi connectivity index (χ1n) is 9.37. The Morgan fingerprint density at radius 2 is 1.92 bits per heavy atom. The zero-order valence-electron chi connectivity index (χ0n) is 15.8. The normalized spacial score (nSPS) is 21.6. The Labute approximate surface area is 149 Å². The molecule has 1 heterocycles. The van der Waals surface area contributed by atoms with Crippen molar-refractivity contribution in [1.82, 2.24) is 9.55 Å². The minimum Gasteiger partial charge on any atom is -0.327 e. The first kappa shape index (κ1) is 18.1. The Hall–Kier alpha value is -1.71. The third kappa shape index (κ3) is 4.10. The number of Topliss-reactive ketones (excluding diaryl/α,β-unsaturated/α-hetero) is 1. The number of nitrogens with zero attached hydrogens (tertiary/aromatic N) is 2. The molecule has 0 saturated heterocycles. The number of aromatic nitrogens is 2. The first-order valence-corrected chi connectivity index (χ1v) is 9.37. The van der Waals surface area contributed by atoms with Crippen molar-refractivity contribution in [2.24, 2.45) is 5.92 Å². The predicted octanol–water partition coefficient (Wildman–Crippen LogP) is 4.99. The van der Waals surface area contributed by atoms with Crippen molar-refractivity contribution < 1.29 is 9.18 Å². The van der Waals surface area contributed by atoms with E-state index in [1.165, 1.54) is 0 Å². The summed E-state index contributed by atoms with van der Waals surface area (Å²) in [6, 6.07) is 6.17. The predicted molar refractivity (Wildman–Crippen MR) is 99.7 cm³/mol. The zero-order chi connectivity index (χ0) is 18.2. The van der Waals surface area contributed by atoms with E-state index < -0.39 is 6.17 Å². The Morgan fingerprint density at radius 1 is 1.24 bits per heavy atom. The lowest BCUT2D eigenvalue weighted by atomic mass is 9.87. The van der Waals surface area contributed by atoms with Gasteiger partial charge >= 0.3 is 0 Å². The lowest BCUT2D eigenvalue weighted by Gasteiger charge is -2.27. The molecule has 0 unspecified atom stereocenters. The summed E-state index contributed by atoms with van der Waals surface area (Å²) in [5, 5.41) is 0. The highest BCUT2D eigenvalue weighted by Gasteiger charge is 2.27. The number of rotatable bonds is 4. The van der Waals surface area contributed by atoms with Crippen molar-refractivity contribution in [3.63, 3.8) is 0 Å². The van der Waals surface area contributed by atoms with Crippen molar-refractivity contribution >= 4 is 16.8 Å². The van der Waals surface area contributed by atoms with Crippen LogP contribution in [0.1, 0.15) is 64.8 Å². The Kier molecular flexibility index (Phi) is 4.99. The third-order valence-corrected chi connectivity index (χ3v) is 5.15. The SMILES string of the molecule is CC(=O)Cc1ccc2c(c1)nc(C(C)(C)C)n2CC1CCC(F)CC1. The van der Waals surface area contributed by atoms with Gasteiger partial charge in [0.05, 0.1) is 11.0 Å². The number of ketones is 1. The van der Waals surface area contributed by atoms with E-state index in [1.54, 1.807) is 6.92 Å². The summed E-state index contributed by atoms with van der Waals surface area (Å²) in [5.74, 6) is 1.75. The van der Waals surface area contributed by atoms with Crippen LogP contribution in [0.25, 0.3) is 11.0 Å². The molecule has 0 atom stereocenters. The van der Waals surface area contributed by atoms with Gasteiger partial charge in [-0.25, -0.2) is 9.37 Å². The van der Waals surface area contributed by atoms with Crippen LogP contribution >= 0.6 is 0 Å². The largest absolute Gasteiger partial charge is 0.327 e. The van der Waals surface area contributed by atoms with Crippen molar-refractivity contribution in [2.75, 3.05) is 0 Å². The van der Waals surface area contributed by atoms with Gasteiger partial charge in [0.15, 0.2) is 0 Å². The molecule has 0 radical (unpaired) electrons. The molecule has 0 spiro atoms. The molecule has 4 heteroatoms. The van der Waals surface area contributed by atoms with Crippen LogP contribution in [0.2, 0.25) is 0 Å². The summed E-state index contributed by atoms with van der Waals surface area (Å²) >= 11 is 0. The average Bonchev–Trinajstić information content (AvgIpc) is 2.87. The third-order valence-electron chi connectivity index (χ3n) is 5.15. The topological polar surface area (TPSA) is 34.9 Å². The van der Waals surface area contributed by atoms with E-state index in [1.807, 2.05) is 12.1 Å². The summed E-state index contributed by atoms with van der Waals surface area (Å²) in [6.07, 6.45) is 3.11. The molecular weight excluding hydrogens is 315 g/mol. The number of carbonyl (C=O) groups excluding carboxylic acids is 1. The summed E-state index contributed by atoms with van der Waals surface area (Å²) in [5.41, 5.74) is 3.04. The number of hydrogen-bond acceptors (Lipinski definition) is 2. The van der Waals surface area contributed by atoms with E-state index in [9.17, 15) is 9.18 Å². The van der Waals surface area contributed by atoms with E-state index in [4.69, 9.17) is 4.98 Å². The molecule has 2 aromatic rings. The molecule has 0 amide bonds. The monoisotopic (exact) mass is 344 g/mol. The minimum atomic E-state index is -0.619. The molecule has 1 saturated carbocycles. The number of benzene rings is 1. The lowest BCUT2D eigenvalue weighted by Crippen LogP contribution is -2.24. The Morgan fingerprint density at radius 3 is 2.52 bits per heavy atom. The van der Waals surface area contributed by atoms with Gasteiger partial charge in [-0.2, -0.15) is 0 Å². The Bertz CT molecular complexity index is 764. The molecular formula is C21H29FN2O. The fourth-order valence-corrected chi connectivity index (χ4v) is 3.89. The smallest absolute Gasteiger partial charge is 0.134 e.